The van der Waals surface area contributed by atoms with Crippen LogP contribution in [0.1, 0.15) is 53.7 Å². The fourth-order valence-electron chi connectivity index (χ4n) is 4.26. The molecule has 0 amide bonds. The van der Waals surface area contributed by atoms with Gasteiger partial charge >= 0.3 is 0 Å². The van der Waals surface area contributed by atoms with Crippen molar-refractivity contribution in [3.05, 3.63) is 58.7 Å². The molecule has 0 radical (unpaired) electrons. The summed E-state index contributed by atoms with van der Waals surface area (Å²) in [6.45, 7) is 10.8. The molecule has 2 atom stereocenters. The molecule has 2 aromatic rings. The number of aryl methyl sites for hydroxylation is 2. The summed E-state index contributed by atoms with van der Waals surface area (Å²) in [6.07, 6.45) is 2.04. The minimum absolute atomic E-state index is 0.00838. The van der Waals surface area contributed by atoms with Crippen LogP contribution in [0.5, 0.6) is 5.75 Å². The van der Waals surface area contributed by atoms with Crippen molar-refractivity contribution in [3.8, 4) is 5.75 Å². The Morgan fingerprint density at radius 3 is 2.16 bits per heavy atom. The molecule has 0 N–H and O–H groups in total. The van der Waals surface area contributed by atoms with Crippen LogP contribution in [0.25, 0.3) is 0 Å². The molecule has 1 aliphatic heterocycles. The van der Waals surface area contributed by atoms with Crippen LogP contribution in [0, 0.1) is 19.8 Å². The highest BCUT2D eigenvalue weighted by atomic mass is 32.2. The van der Waals surface area contributed by atoms with E-state index in [2.05, 4.69) is 24.1 Å². The molecule has 166 valence electrons. The second-order valence-electron chi connectivity index (χ2n) is 9.18. The number of carbonyl (C=O) groups excluding carboxylic acids is 2. The Labute approximate surface area is 190 Å². The number of carbonyl (C=O) groups is 2. The standard InChI is InChI=1S/C26H33NO3S/c1-16-12-20(13-17(2)25(16)30-26(4,5)18(3)28)22-14-27(6)15-23(22)24(29)19-8-10-21(31-7)11-9-19/h8-13,22-23H,14-15H2,1-7H3/t22-,23+/m0/s1. The topological polar surface area (TPSA) is 46.6 Å². The van der Waals surface area contributed by atoms with Gasteiger partial charge in [-0.05, 0) is 76.7 Å². The van der Waals surface area contributed by atoms with Gasteiger partial charge in [-0.25, -0.2) is 0 Å². The summed E-state index contributed by atoms with van der Waals surface area (Å²) in [7, 11) is 2.07. The summed E-state index contributed by atoms with van der Waals surface area (Å²) in [5, 5.41) is 0. The van der Waals surface area contributed by atoms with E-state index in [1.807, 2.05) is 44.4 Å². The molecule has 1 aliphatic rings. The summed E-state index contributed by atoms with van der Waals surface area (Å²) in [5.74, 6) is 1.00. The van der Waals surface area contributed by atoms with Crippen LogP contribution in [-0.2, 0) is 4.79 Å². The number of Topliss-reactive ketones (excluding diaryl/α,β-unsaturated/α-hetero) is 2. The van der Waals surface area contributed by atoms with Crippen molar-refractivity contribution in [2.45, 2.75) is 51.0 Å². The fourth-order valence-corrected chi connectivity index (χ4v) is 4.67. The first-order valence-electron chi connectivity index (χ1n) is 10.7. The number of ether oxygens (including phenoxy) is 1. The zero-order chi connectivity index (χ0) is 22.9. The molecule has 4 nitrogen and oxygen atoms in total. The van der Waals surface area contributed by atoms with Gasteiger partial charge in [0.25, 0.3) is 0 Å². The van der Waals surface area contributed by atoms with Crippen LogP contribution < -0.4 is 4.74 Å². The van der Waals surface area contributed by atoms with Crippen molar-refractivity contribution in [2.24, 2.45) is 5.92 Å². The average Bonchev–Trinajstić information content (AvgIpc) is 3.11. The molecule has 31 heavy (non-hydrogen) atoms. The molecular formula is C26H33NO3S. The molecule has 2 aromatic carbocycles. The molecule has 0 aliphatic carbocycles. The lowest BCUT2D eigenvalue weighted by molar-refractivity contribution is -0.129. The zero-order valence-electron chi connectivity index (χ0n) is 19.6. The lowest BCUT2D eigenvalue weighted by Gasteiger charge is -2.27. The summed E-state index contributed by atoms with van der Waals surface area (Å²) >= 11 is 1.68. The maximum atomic E-state index is 13.4. The van der Waals surface area contributed by atoms with Gasteiger partial charge in [-0.3, -0.25) is 9.59 Å². The van der Waals surface area contributed by atoms with Gasteiger partial charge in [0.1, 0.15) is 5.75 Å². The first kappa shape index (κ1) is 23.6. The van der Waals surface area contributed by atoms with Crippen LogP contribution >= 0.6 is 11.8 Å². The highest BCUT2D eigenvalue weighted by Crippen LogP contribution is 2.38. The third kappa shape index (κ3) is 5.04. The molecule has 0 bridgehead atoms. The van der Waals surface area contributed by atoms with E-state index in [1.165, 1.54) is 0 Å². The van der Waals surface area contributed by atoms with Gasteiger partial charge in [-0.1, -0.05) is 24.3 Å². The highest BCUT2D eigenvalue weighted by molar-refractivity contribution is 7.98. The molecule has 0 aromatic heterocycles. The number of likely N-dealkylation sites (N-methyl/N-ethyl adjacent to an activating group) is 1. The first-order valence-corrected chi connectivity index (χ1v) is 11.9. The number of hydrogen-bond donors (Lipinski definition) is 0. The number of rotatable bonds is 7. The monoisotopic (exact) mass is 439 g/mol. The van der Waals surface area contributed by atoms with Gasteiger partial charge in [0.2, 0.25) is 0 Å². The number of likely N-dealkylation sites (tertiary alicyclic amines) is 1. The smallest absolute Gasteiger partial charge is 0.172 e. The van der Waals surface area contributed by atoms with Gasteiger partial charge in [0.15, 0.2) is 17.2 Å². The lowest BCUT2D eigenvalue weighted by Crippen LogP contribution is -2.36. The number of benzene rings is 2. The van der Waals surface area contributed by atoms with Gasteiger partial charge in [-0.2, -0.15) is 0 Å². The number of nitrogens with zero attached hydrogens (tertiary/aromatic N) is 1. The largest absolute Gasteiger partial charge is 0.480 e. The Morgan fingerprint density at radius 1 is 1.06 bits per heavy atom. The number of hydrogen-bond acceptors (Lipinski definition) is 5. The fraction of sp³-hybridized carbons (Fsp3) is 0.462. The summed E-state index contributed by atoms with van der Waals surface area (Å²) in [5.41, 5.74) is 3.06. The molecule has 0 unspecified atom stereocenters. The number of ketones is 2. The van der Waals surface area contributed by atoms with Crippen molar-refractivity contribution in [1.82, 2.24) is 4.90 Å². The van der Waals surface area contributed by atoms with Gasteiger partial charge in [-0.15, -0.1) is 11.8 Å². The summed E-state index contributed by atoms with van der Waals surface area (Å²) in [4.78, 5) is 28.7. The van der Waals surface area contributed by atoms with E-state index in [-0.39, 0.29) is 23.4 Å². The molecule has 0 spiro atoms. The minimum Gasteiger partial charge on any atom is -0.480 e. The van der Waals surface area contributed by atoms with Crippen molar-refractivity contribution in [3.63, 3.8) is 0 Å². The van der Waals surface area contributed by atoms with Crippen molar-refractivity contribution >= 4 is 23.3 Å². The molecule has 0 saturated carbocycles. The molecule has 5 heteroatoms. The quantitative estimate of drug-likeness (QED) is 0.433. The maximum Gasteiger partial charge on any atom is 0.172 e. The highest BCUT2D eigenvalue weighted by Gasteiger charge is 2.38. The molecular weight excluding hydrogens is 406 g/mol. The Balaban J connectivity index is 1.91. The SMILES string of the molecule is CSc1ccc(C(=O)[C@@H]2CN(C)C[C@H]2c2cc(C)c(OC(C)(C)C(C)=O)c(C)c2)cc1. The zero-order valence-corrected chi connectivity index (χ0v) is 20.4. The van der Waals surface area contributed by atoms with Crippen molar-refractivity contribution in [2.75, 3.05) is 26.4 Å². The van der Waals surface area contributed by atoms with Gasteiger partial charge < -0.3 is 9.64 Å². The van der Waals surface area contributed by atoms with Crippen LogP contribution in [-0.4, -0.2) is 48.5 Å². The second kappa shape index (κ2) is 9.17. The minimum atomic E-state index is -0.869. The van der Waals surface area contributed by atoms with Crippen LogP contribution in [0.4, 0.5) is 0 Å². The molecule has 1 saturated heterocycles. The van der Waals surface area contributed by atoms with Gasteiger partial charge in [0.05, 0.1) is 0 Å². The van der Waals surface area contributed by atoms with Crippen LogP contribution in [0.3, 0.4) is 0 Å². The average molecular weight is 440 g/mol. The lowest BCUT2D eigenvalue weighted by atomic mass is 9.82. The molecule has 1 fully saturated rings. The van der Waals surface area contributed by atoms with E-state index in [0.29, 0.717) is 0 Å². The van der Waals surface area contributed by atoms with Gasteiger partial charge in [0, 0.05) is 35.4 Å². The Bertz CT molecular complexity index is 958. The predicted octanol–water partition coefficient (Wildman–Crippen LogP) is 5.30. The Morgan fingerprint density at radius 2 is 1.65 bits per heavy atom. The second-order valence-corrected chi connectivity index (χ2v) is 10.1. The molecule has 1 heterocycles. The van der Waals surface area contributed by atoms with E-state index in [9.17, 15) is 9.59 Å². The van der Waals surface area contributed by atoms with E-state index >= 15 is 0 Å². The van der Waals surface area contributed by atoms with Crippen LogP contribution in [0.15, 0.2) is 41.3 Å². The van der Waals surface area contributed by atoms with Crippen molar-refractivity contribution < 1.29 is 14.3 Å². The first-order chi connectivity index (χ1) is 14.5. The van der Waals surface area contributed by atoms with Crippen molar-refractivity contribution in [1.29, 1.82) is 0 Å². The third-order valence-corrected chi connectivity index (χ3v) is 7.07. The van der Waals surface area contributed by atoms with E-state index in [1.54, 1.807) is 32.5 Å². The van der Waals surface area contributed by atoms with Crippen LogP contribution in [0.2, 0.25) is 0 Å². The summed E-state index contributed by atoms with van der Waals surface area (Å²) < 4.78 is 6.10. The Hall–Kier alpha value is -2.11. The normalized spacial score (nSPS) is 19.5. The number of thioether (sulfide) groups is 1. The summed E-state index contributed by atoms with van der Waals surface area (Å²) in [6, 6.07) is 12.2. The van der Waals surface area contributed by atoms with E-state index in [0.717, 1.165) is 46.0 Å². The van der Waals surface area contributed by atoms with E-state index < -0.39 is 5.60 Å². The van der Waals surface area contributed by atoms with E-state index in [4.69, 9.17) is 4.74 Å². The predicted molar refractivity (Wildman–Crippen MR) is 128 cm³/mol. The Kier molecular flexibility index (Phi) is 6.97. The maximum absolute atomic E-state index is 13.4. The molecule has 3 rings (SSSR count). The third-order valence-electron chi connectivity index (χ3n) is 6.33.